The Labute approximate surface area is 134 Å². The Balaban J connectivity index is 0.000000295. The topological polar surface area (TPSA) is 37.3 Å². The van der Waals surface area contributed by atoms with Crippen LogP contribution < -0.4 is 0 Å². The molecule has 0 aliphatic carbocycles. The highest BCUT2D eigenvalue weighted by molar-refractivity contribution is 5.93. The van der Waals surface area contributed by atoms with Crippen LogP contribution in [-0.4, -0.2) is 11.1 Å². The van der Waals surface area contributed by atoms with Crippen LogP contribution in [-0.2, 0) is 4.79 Å². The number of carbonyl (C=O) groups is 1. The molecule has 1 N–H and O–H groups in total. The van der Waals surface area contributed by atoms with Gasteiger partial charge in [-0.25, -0.2) is 0 Å². The molecule has 120 valence electrons. The molecule has 2 heteroatoms. The maximum atomic E-state index is 9.76. The highest BCUT2D eigenvalue weighted by atomic mass is 16.4. The van der Waals surface area contributed by atoms with Crippen LogP contribution in [0.1, 0.15) is 54.0 Å². The van der Waals surface area contributed by atoms with Gasteiger partial charge >= 0.3 is 5.97 Å². The highest BCUT2D eigenvalue weighted by Crippen LogP contribution is 2.30. The molecule has 0 unspecified atom stereocenters. The number of fused-ring (bicyclic) bond motifs is 1. The summed E-state index contributed by atoms with van der Waals surface area (Å²) in [5.74, 6) is -0.693. The summed E-state index contributed by atoms with van der Waals surface area (Å²) < 4.78 is 0. The van der Waals surface area contributed by atoms with Gasteiger partial charge in [-0.1, -0.05) is 31.5 Å². The van der Waals surface area contributed by atoms with Crippen LogP contribution in [0.3, 0.4) is 0 Å². The van der Waals surface area contributed by atoms with E-state index < -0.39 is 5.97 Å². The van der Waals surface area contributed by atoms with Crippen molar-refractivity contribution in [2.24, 2.45) is 0 Å². The van der Waals surface area contributed by atoms with Crippen molar-refractivity contribution in [3.63, 3.8) is 0 Å². The lowest BCUT2D eigenvalue weighted by atomic mass is 9.90. The average molecular weight is 300 g/mol. The van der Waals surface area contributed by atoms with Gasteiger partial charge in [0.1, 0.15) is 0 Å². The summed E-state index contributed by atoms with van der Waals surface area (Å²) in [6.07, 6.45) is 2.08. The fourth-order valence-corrected chi connectivity index (χ4v) is 2.76. The molecule has 0 atom stereocenters. The molecule has 0 fully saturated rings. The molecule has 2 rings (SSSR count). The molecular formula is C20H28O2. The van der Waals surface area contributed by atoms with Crippen molar-refractivity contribution < 1.29 is 9.90 Å². The zero-order chi connectivity index (χ0) is 16.9. The summed E-state index contributed by atoms with van der Waals surface area (Å²) >= 11 is 0. The predicted molar refractivity (Wildman–Crippen MR) is 94.8 cm³/mol. The molecule has 0 aromatic heterocycles. The standard InChI is InChI=1S/C15H18.C5H10O2/c1-9-7-6-8-14-12(4)10(2)11(3)13(5)15(9)14;1-2-3-4-5(6)7/h6-8H,1-5H3;2-4H2,1H3,(H,6,7). The fourth-order valence-electron chi connectivity index (χ4n) is 2.76. The summed E-state index contributed by atoms with van der Waals surface area (Å²) in [5.41, 5.74) is 7.12. The molecule has 0 saturated heterocycles. The van der Waals surface area contributed by atoms with E-state index in [4.69, 9.17) is 5.11 Å². The Morgan fingerprint density at radius 1 is 0.955 bits per heavy atom. The molecule has 2 nitrogen and oxygen atoms in total. The number of carboxylic acids is 1. The molecule has 2 aromatic rings. The van der Waals surface area contributed by atoms with E-state index in [1.165, 1.54) is 38.6 Å². The number of aryl methyl sites for hydroxylation is 3. The van der Waals surface area contributed by atoms with Gasteiger partial charge in [-0.05, 0) is 79.6 Å². The Morgan fingerprint density at radius 2 is 1.55 bits per heavy atom. The first-order valence-corrected chi connectivity index (χ1v) is 7.98. The van der Waals surface area contributed by atoms with E-state index in [1.807, 2.05) is 6.92 Å². The lowest BCUT2D eigenvalue weighted by molar-refractivity contribution is -0.137. The zero-order valence-electron chi connectivity index (χ0n) is 14.7. The van der Waals surface area contributed by atoms with Crippen LogP contribution >= 0.6 is 0 Å². The third-order valence-corrected chi connectivity index (χ3v) is 4.48. The summed E-state index contributed by atoms with van der Waals surface area (Å²) in [5, 5.41) is 10.9. The van der Waals surface area contributed by atoms with Gasteiger partial charge in [-0.3, -0.25) is 4.79 Å². The van der Waals surface area contributed by atoms with Crippen molar-refractivity contribution in [1.29, 1.82) is 0 Å². The second-order valence-electron chi connectivity index (χ2n) is 5.99. The normalized spacial score (nSPS) is 10.3. The van der Waals surface area contributed by atoms with Gasteiger partial charge in [0.05, 0.1) is 0 Å². The number of unbranched alkanes of at least 4 members (excludes halogenated alkanes) is 1. The number of rotatable bonds is 3. The fraction of sp³-hybridized carbons (Fsp3) is 0.450. The molecule has 0 aliphatic heterocycles. The Hall–Kier alpha value is -1.83. The number of carboxylic acid groups (broad SMARTS) is 1. The number of hydrogen-bond donors (Lipinski definition) is 1. The van der Waals surface area contributed by atoms with Crippen molar-refractivity contribution >= 4 is 16.7 Å². The summed E-state index contributed by atoms with van der Waals surface area (Å²) in [7, 11) is 0. The van der Waals surface area contributed by atoms with Gasteiger partial charge in [-0.15, -0.1) is 0 Å². The second-order valence-corrected chi connectivity index (χ2v) is 5.99. The molecule has 0 radical (unpaired) electrons. The molecule has 2 aromatic carbocycles. The van der Waals surface area contributed by atoms with Crippen LogP contribution in [0.2, 0.25) is 0 Å². The molecule has 0 aliphatic rings. The average Bonchev–Trinajstić information content (AvgIpc) is 2.49. The Bertz CT molecular complexity index is 669. The SMILES string of the molecule is CCCCC(=O)O.Cc1c(C)c(C)c2c(C)cccc2c1C. The van der Waals surface area contributed by atoms with Gasteiger partial charge in [0.15, 0.2) is 0 Å². The van der Waals surface area contributed by atoms with E-state index in [1.54, 1.807) is 0 Å². The molecule has 0 heterocycles. The lowest BCUT2D eigenvalue weighted by Gasteiger charge is -2.15. The van der Waals surface area contributed by atoms with E-state index >= 15 is 0 Å². The van der Waals surface area contributed by atoms with Crippen LogP contribution in [0.4, 0.5) is 0 Å². The van der Waals surface area contributed by atoms with Crippen LogP contribution in [0.25, 0.3) is 10.8 Å². The van der Waals surface area contributed by atoms with Crippen LogP contribution in [0.15, 0.2) is 18.2 Å². The minimum atomic E-state index is -0.693. The van der Waals surface area contributed by atoms with E-state index in [-0.39, 0.29) is 0 Å². The molecular weight excluding hydrogens is 272 g/mol. The third-order valence-electron chi connectivity index (χ3n) is 4.48. The van der Waals surface area contributed by atoms with Crippen molar-refractivity contribution in [3.05, 3.63) is 46.0 Å². The van der Waals surface area contributed by atoms with E-state index in [0.717, 1.165) is 12.8 Å². The Kier molecular flexibility index (Phi) is 6.61. The number of benzene rings is 2. The van der Waals surface area contributed by atoms with Crippen LogP contribution in [0.5, 0.6) is 0 Å². The molecule has 0 spiro atoms. The monoisotopic (exact) mass is 300 g/mol. The van der Waals surface area contributed by atoms with E-state index in [0.29, 0.717) is 6.42 Å². The molecule has 0 bridgehead atoms. The van der Waals surface area contributed by atoms with Gasteiger partial charge in [0.25, 0.3) is 0 Å². The maximum absolute atomic E-state index is 9.76. The Morgan fingerprint density at radius 3 is 2.05 bits per heavy atom. The summed E-state index contributed by atoms with van der Waals surface area (Å²) in [4.78, 5) is 9.76. The van der Waals surface area contributed by atoms with Crippen molar-refractivity contribution in [3.8, 4) is 0 Å². The van der Waals surface area contributed by atoms with Gasteiger partial charge < -0.3 is 5.11 Å². The van der Waals surface area contributed by atoms with Crippen molar-refractivity contribution in [2.75, 3.05) is 0 Å². The lowest BCUT2D eigenvalue weighted by Crippen LogP contribution is -1.95. The first kappa shape index (κ1) is 18.2. The van der Waals surface area contributed by atoms with Crippen molar-refractivity contribution in [1.82, 2.24) is 0 Å². The third kappa shape index (κ3) is 4.09. The first-order valence-electron chi connectivity index (χ1n) is 7.98. The van der Waals surface area contributed by atoms with Gasteiger partial charge in [0, 0.05) is 6.42 Å². The number of aliphatic carboxylic acids is 1. The largest absolute Gasteiger partial charge is 0.481 e. The quantitative estimate of drug-likeness (QED) is 0.796. The minimum absolute atomic E-state index is 0.316. The molecule has 0 amide bonds. The second kappa shape index (κ2) is 7.98. The van der Waals surface area contributed by atoms with Crippen LogP contribution in [0, 0.1) is 34.6 Å². The smallest absolute Gasteiger partial charge is 0.303 e. The first-order chi connectivity index (χ1) is 10.3. The zero-order valence-corrected chi connectivity index (χ0v) is 14.7. The molecule has 22 heavy (non-hydrogen) atoms. The summed E-state index contributed by atoms with van der Waals surface area (Å²) in [6, 6.07) is 6.58. The minimum Gasteiger partial charge on any atom is -0.481 e. The van der Waals surface area contributed by atoms with Gasteiger partial charge in [-0.2, -0.15) is 0 Å². The summed E-state index contributed by atoms with van der Waals surface area (Å²) in [6.45, 7) is 13.1. The molecule has 0 saturated carbocycles. The highest BCUT2D eigenvalue weighted by Gasteiger charge is 2.09. The maximum Gasteiger partial charge on any atom is 0.303 e. The van der Waals surface area contributed by atoms with E-state index in [9.17, 15) is 4.79 Å². The van der Waals surface area contributed by atoms with Crippen molar-refractivity contribution in [2.45, 2.75) is 60.8 Å². The van der Waals surface area contributed by atoms with Gasteiger partial charge in [0.2, 0.25) is 0 Å². The van der Waals surface area contributed by atoms with E-state index in [2.05, 4.69) is 52.8 Å². The number of hydrogen-bond acceptors (Lipinski definition) is 1. The predicted octanol–water partition coefficient (Wildman–Crippen LogP) is 5.64.